The Hall–Kier alpha value is -8.72. The first-order valence-electron chi connectivity index (χ1n) is 22.6. The van der Waals surface area contributed by atoms with Gasteiger partial charge in [0.2, 0.25) is 0 Å². The fourth-order valence-electron chi connectivity index (χ4n) is 10.1. The Bertz CT molecular complexity index is 3970. The molecule has 0 unspecified atom stereocenters. The molecule has 0 spiro atoms. The summed E-state index contributed by atoms with van der Waals surface area (Å²) in [6, 6.07) is 90.4. The second kappa shape index (κ2) is 15.5. The van der Waals surface area contributed by atoms with Crippen LogP contribution in [0, 0.1) is 0 Å². The van der Waals surface area contributed by atoms with Gasteiger partial charge >= 0.3 is 0 Å². The van der Waals surface area contributed by atoms with Crippen LogP contribution in [0.1, 0.15) is 0 Å². The molecule has 0 radical (unpaired) electrons. The predicted molar refractivity (Wildman–Crippen MR) is 280 cm³/mol. The van der Waals surface area contributed by atoms with Crippen molar-refractivity contribution in [3.8, 4) is 44.5 Å². The number of nitrogens with zero attached hydrogens (tertiary/aromatic N) is 1. The number of benzene rings is 12. The molecule has 0 bridgehead atoms. The molecule has 0 aliphatic carbocycles. The summed E-state index contributed by atoms with van der Waals surface area (Å²) in [5.74, 6) is 0. The summed E-state index contributed by atoms with van der Waals surface area (Å²) in [4.78, 5) is 2.42. The van der Waals surface area contributed by atoms with Gasteiger partial charge in [0.25, 0.3) is 0 Å². The summed E-state index contributed by atoms with van der Waals surface area (Å²) < 4.78 is 6.38. The maximum atomic E-state index is 6.38. The number of para-hydroxylation sites is 2. The highest BCUT2D eigenvalue weighted by molar-refractivity contribution is 6.15. The lowest BCUT2D eigenvalue weighted by atomic mass is 9.92. The molecule has 66 heavy (non-hydrogen) atoms. The van der Waals surface area contributed by atoms with E-state index in [1.54, 1.807) is 0 Å². The molecule has 2 nitrogen and oxygen atoms in total. The normalized spacial score (nSPS) is 11.6. The highest BCUT2D eigenvalue weighted by Crippen LogP contribution is 2.44. The number of hydrogen-bond acceptors (Lipinski definition) is 2. The highest BCUT2D eigenvalue weighted by atomic mass is 16.3. The molecule has 0 aliphatic heterocycles. The number of anilines is 3. The van der Waals surface area contributed by atoms with Gasteiger partial charge in [-0.25, -0.2) is 0 Å². The average molecular weight is 840 g/mol. The van der Waals surface area contributed by atoms with E-state index < -0.39 is 0 Å². The maximum Gasteiger partial charge on any atom is 0.143 e. The first-order chi connectivity index (χ1) is 32.7. The Kier molecular flexibility index (Phi) is 8.89. The molecule has 0 saturated carbocycles. The van der Waals surface area contributed by atoms with Crippen LogP contribution in [-0.4, -0.2) is 0 Å². The molecule has 0 fully saturated rings. The van der Waals surface area contributed by atoms with Crippen LogP contribution in [0.5, 0.6) is 0 Å². The van der Waals surface area contributed by atoms with Gasteiger partial charge in [0, 0.05) is 33.1 Å². The second-order valence-electron chi connectivity index (χ2n) is 17.3. The zero-order valence-corrected chi connectivity index (χ0v) is 36.0. The van der Waals surface area contributed by atoms with E-state index in [0.29, 0.717) is 0 Å². The van der Waals surface area contributed by atoms with Gasteiger partial charge < -0.3 is 9.32 Å². The SMILES string of the molecule is c1ccc2cc(-c3cc(-c4ccc(N(c5ccc(-c6ccc(-c7cccc8c7oc7ccccc78)cc6)cc5)c5cc6ccccc6c6ccccc56)cc4)cc4ccccc34)ccc2c1. The van der Waals surface area contributed by atoms with Crippen molar-refractivity contribution < 1.29 is 4.42 Å². The number of furan rings is 1. The van der Waals surface area contributed by atoms with E-state index in [9.17, 15) is 0 Å². The fraction of sp³-hybridized carbons (Fsp3) is 0. The fourth-order valence-corrected chi connectivity index (χ4v) is 10.1. The topological polar surface area (TPSA) is 16.4 Å². The summed E-state index contributed by atoms with van der Waals surface area (Å²) in [5, 5.41) is 12.2. The summed E-state index contributed by atoms with van der Waals surface area (Å²) in [5.41, 5.74) is 14.5. The van der Waals surface area contributed by atoms with Crippen molar-refractivity contribution in [2.24, 2.45) is 0 Å². The minimum Gasteiger partial charge on any atom is -0.455 e. The van der Waals surface area contributed by atoms with Gasteiger partial charge in [-0.1, -0.05) is 194 Å². The second-order valence-corrected chi connectivity index (χ2v) is 17.3. The van der Waals surface area contributed by atoms with Crippen molar-refractivity contribution in [2.75, 3.05) is 4.90 Å². The van der Waals surface area contributed by atoms with Crippen LogP contribution in [0.4, 0.5) is 17.1 Å². The molecule has 0 amide bonds. The standard InChI is InChI=1S/C64H41NO/c1-2-13-47-38-50(29-26-42(47)12-1)61-40-51(39-48-14-3-6-17-55(48)61)45-32-36-53(37-33-45)65(62-41-49-15-4-5-16-54(49)57-18-7-8-19-58(57)62)52-34-30-44(31-35-52)43-24-27-46(28-25-43)56-21-11-22-60-59-20-9-10-23-63(59)66-64(56)60/h1-41H. The van der Waals surface area contributed by atoms with Crippen molar-refractivity contribution in [3.63, 3.8) is 0 Å². The summed E-state index contributed by atoms with van der Waals surface area (Å²) >= 11 is 0. The molecule has 13 aromatic rings. The van der Waals surface area contributed by atoms with Crippen molar-refractivity contribution in [3.05, 3.63) is 249 Å². The van der Waals surface area contributed by atoms with Crippen LogP contribution in [0.2, 0.25) is 0 Å². The highest BCUT2D eigenvalue weighted by Gasteiger charge is 2.19. The third-order valence-electron chi connectivity index (χ3n) is 13.4. The van der Waals surface area contributed by atoms with E-state index in [-0.39, 0.29) is 0 Å². The van der Waals surface area contributed by atoms with Crippen LogP contribution in [0.3, 0.4) is 0 Å². The van der Waals surface area contributed by atoms with Gasteiger partial charge in [0.1, 0.15) is 11.2 Å². The van der Waals surface area contributed by atoms with Crippen LogP contribution in [0.25, 0.3) is 110 Å². The predicted octanol–water partition coefficient (Wildman–Crippen LogP) is 18.3. The average Bonchev–Trinajstić information content (AvgIpc) is 3.78. The number of hydrogen-bond donors (Lipinski definition) is 0. The Morgan fingerprint density at radius 2 is 0.758 bits per heavy atom. The van der Waals surface area contributed by atoms with Crippen molar-refractivity contribution in [1.29, 1.82) is 0 Å². The molecule has 0 atom stereocenters. The van der Waals surface area contributed by atoms with Gasteiger partial charge in [-0.15, -0.1) is 0 Å². The van der Waals surface area contributed by atoms with E-state index in [4.69, 9.17) is 4.42 Å². The number of rotatable bonds is 7. The molecule has 13 rings (SSSR count). The Morgan fingerprint density at radius 3 is 1.48 bits per heavy atom. The third kappa shape index (κ3) is 6.42. The van der Waals surface area contributed by atoms with Crippen LogP contribution >= 0.6 is 0 Å². The lowest BCUT2D eigenvalue weighted by Crippen LogP contribution is -2.10. The van der Waals surface area contributed by atoms with Gasteiger partial charge in [-0.3, -0.25) is 0 Å². The molecule has 0 saturated heterocycles. The lowest BCUT2D eigenvalue weighted by Gasteiger charge is -2.28. The Labute approximate surface area is 382 Å². The molecule has 2 heteroatoms. The van der Waals surface area contributed by atoms with Gasteiger partial charge in [0.15, 0.2) is 0 Å². The van der Waals surface area contributed by atoms with E-state index >= 15 is 0 Å². The molecule has 1 aromatic heterocycles. The molecular formula is C64H41NO. The third-order valence-corrected chi connectivity index (χ3v) is 13.4. The minimum atomic E-state index is 0.912. The molecule has 1 heterocycles. The number of fused-ring (bicyclic) bond motifs is 8. The molecule has 0 N–H and O–H groups in total. The first kappa shape index (κ1) is 37.8. The van der Waals surface area contributed by atoms with Crippen LogP contribution in [-0.2, 0) is 0 Å². The van der Waals surface area contributed by atoms with Crippen molar-refractivity contribution in [2.45, 2.75) is 0 Å². The van der Waals surface area contributed by atoms with Crippen molar-refractivity contribution in [1.82, 2.24) is 0 Å². The lowest BCUT2D eigenvalue weighted by molar-refractivity contribution is 0.670. The Balaban J connectivity index is 0.895. The molecular weight excluding hydrogens is 799 g/mol. The summed E-state index contributed by atoms with van der Waals surface area (Å²) in [7, 11) is 0. The zero-order chi connectivity index (χ0) is 43.6. The first-order valence-corrected chi connectivity index (χ1v) is 22.6. The molecule has 308 valence electrons. The minimum absolute atomic E-state index is 0.912. The largest absolute Gasteiger partial charge is 0.455 e. The van der Waals surface area contributed by atoms with Crippen LogP contribution in [0.15, 0.2) is 253 Å². The van der Waals surface area contributed by atoms with Crippen molar-refractivity contribution >= 4 is 82.1 Å². The van der Waals surface area contributed by atoms with Gasteiger partial charge in [0.05, 0.1) is 5.69 Å². The van der Waals surface area contributed by atoms with E-state index in [0.717, 1.165) is 61.3 Å². The quantitative estimate of drug-likeness (QED) is 0.149. The van der Waals surface area contributed by atoms with E-state index in [1.807, 2.05) is 12.1 Å². The Morgan fingerprint density at radius 1 is 0.258 bits per heavy atom. The zero-order valence-electron chi connectivity index (χ0n) is 36.0. The molecule has 12 aromatic carbocycles. The molecule has 0 aliphatic rings. The maximum absolute atomic E-state index is 6.38. The van der Waals surface area contributed by atoms with Crippen LogP contribution < -0.4 is 4.90 Å². The van der Waals surface area contributed by atoms with E-state index in [1.165, 1.54) is 65.3 Å². The van der Waals surface area contributed by atoms with E-state index in [2.05, 4.69) is 241 Å². The smallest absolute Gasteiger partial charge is 0.143 e. The van der Waals surface area contributed by atoms with Gasteiger partial charge in [-0.05, 0) is 131 Å². The summed E-state index contributed by atoms with van der Waals surface area (Å²) in [6.45, 7) is 0. The van der Waals surface area contributed by atoms with Gasteiger partial charge in [-0.2, -0.15) is 0 Å². The summed E-state index contributed by atoms with van der Waals surface area (Å²) in [6.07, 6.45) is 0. The monoisotopic (exact) mass is 839 g/mol.